The van der Waals surface area contributed by atoms with Crippen molar-refractivity contribution < 1.29 is 14.5 Å². The van der Waals surface area contributed by atoms with Crippen LogP contribution in [0.3, 0.4) is 0 Å². The van der Waals surface area contributed by atoms with Crippen LogP contribution in [-0.2, 0) is 9.53 Å². The summed E-state index contributed by atoms with van der Waals surface area (Å²) in [5.74, 6) is -0.280. The average Bonchev–Trinajstić information content (AvgIpc) is 2.37. The van der Waals surface area contributed by atoms with Gasteiger partial charge in [-0.3, -0.25) is 14.9 Å². The van der Waals surface area contributed by atoms with Gasteiger partial charge in [0.05, 0.1) is 12.0 Å². The maximum atomic E-state index is 11.0. The summed E-state index contributed by atoms with van der Waals surface area (Å²) in [5.41, 5.74) is 0.563. The highest BCUT2D eigenvalue weighted by Crippen LogP contribution is 2.30. The van der Waals surface area contributed by atoms with Crippen molar-refractivity contribution in [2.75, 3.05) is 25.6 Å². The smallest absolute Gasteiger partial charge is 0.305 e. The molecule has 0 unspecified atom stereocenters. The second-order valence-corrected chi connectivity index (χ2v) is 4.91. The number of hydrogen-bond acceptors (Lipinski definition) is 5. The lowest BCUT2D eigenvalue weighted by Crippen LogP contribution is -2.20. The first-order valence-electron chi connectivity index (χ1n) is 5.67. The molecule has 0 N–H and O–H groups in total. The van der Waals surface area contributed by atoms with E-state index in [0.29, 0.717) is 25.1 Å². The molecular formula is C12H15BrN2O4. The SMILES string of the molecule is COC(=O)CCCN(C)c1cc(Br)ccc1[N+](=O)[O-]. The zero-order valence-corrected chi connectivity index (χ0v) is 12.3. The summed E-state index contributed by atoms with van der Waals surface area (Å²) in [5, 5.41) is 11.0. The number of ether oxygens (including phenoxy) is 1. The van der Waals surface area contributed by atoms with Gasteiger partial charge in [-0.15, -0.1) is 0 Å². The van der Waals surface area contributed by atoms with E-state index in [0.717, 1.165) is 4.47 Å². The van der Waals surface area contributed by atoms with Gasteiger partial charge in [-0.25, -0.2) is 0 Å². The van der Waals surface area contributed by atoms with Gasteiger partial charge in [-0.1, -0.05) is 15.9 Å². The number of nitro benzene ring substituents is 1. The molecule has 0 fully saturated rings. The molecule has 0 radical (unpaired) electrons. The van der Waals surface area contributed by atoms with Gasteiger partial charge in [-0.05, 0) is 18.6 Å². The molecule has 1 aromatic rings. The van der Waals surface area contributed by atoms with Crippen molar-refractivity contribution in [1.29, 1.82) is 0 Å². The predicted molar refractivity (Wildman–Crippen MR) is 75.3 cm³/mol. The van der Waals surface area contributed by atoms with E-state index in [1.807, 2.05) is 0 Å². The third kappa shape index (κ3) is 4.51. The second kappa shape index (κ2) is 7.08. The topological polar surface area (TPSA) is 72.7 Å². The normalized spacial score (nSPS) is 10.1. The van der Waals surface area contributed by atoms with Gasteiger partial charge in [0.1, 0.15) is 5.69 Å². The van der Waals surface area contributed by atoms with Crippen LogP contribution < -0.4 is 4.90 Å². The van der Waals surface area contributed by atoms with Crippen LogP contribution in [0.2, 0.25) is 0 Å². The number of esters is 1. The first kappa shape index (κ1) is 15.4. The number of carbonyl (C=O) groups is 1. The van der Waals surface area contributed by atoms with Crippen LogP contribution in [0, 0.1) is 10.1 Å². The van der Waals surface area contributed by atoms with Crippen LogP contribution >= 0.6 is 15.9 Å². The minimum absolute atomic E-state index is 0.0452. The number of nitrogens with zero attached hydrogens (tertiary/aromatic N) is 2. The fraction of sp³-hybridized carbons (Fsp3) is 0.417. The van der Waals surface area contributed by atoms with E-state index >= 15 is 0 Å². The molecule has 104 valence electrons. The Morgan fingerprint density at radius 1 is 1.53 bits per heavy atom. The van der Waals surface area contributed by atoms with Gasteiger partial charge in [-0.2, -0.15) is 0 Å². The number of halogens is 1. The van der Waals surface area contributed by atoms with Crippen LogP contribution in [0.15, 0.2) is 22.7 Å². The third-order valence-corrected chi connectivity index (χ3v) is 3.14. The average molecular weight is 331 g/mol. The number of carbonyl (C=O) groups excluding carboxylic acids is 1. The quantitative estimate of drug-likeness (QED) is 0.455. The summed E-state index contributed by atoms with van der Waals surface area (Å²) in [6, 6.07) is 4.77. The Bertz CT molecular complexity index is 479. The van der Waals surface area contributed by atoms with E-state index < -0.39 is 4.92 Å². The van der Waals surface area contributed by atoms with E-state index in [1.54, 1.807) is 24.1 Å². The molecular weight excluding hydrogens is 316 g/mol. The lowest BCUT2D eigenvalue weighted by molar-refractivity contribution is -0.384. The first-order valence-corrected chi connectivity index (χ1v) is 6.47. The Morgan fingerprint density at radius 2 is 2.21 bits per heavy atom. The van der Waals surface area contributed by atoms with Gasteiger partial charge >= 0.3 is 5.97 Å². The summed E-state index contributed by atoms with van der Waals surface area (Å²) in [7, 11) is 3.09. The van der Waals surface area contributed by atoms with Crippen LogP contribution in [0.1, 0.15) is 12.8 Å². The van der Waals surface area contributed by atoms with Gasteiger partial charge in [0.15, 0.2) is 0 Å². The number of methoxy groups -OCH3 is 1. The van der Waals surface area contributed by atoms with E-state index in [9.17, 15) is 14.9 Å². The van der Waals surface area contributed by atoms with Crippen LogP contribution in [-0.4, -0.2) is 31.6 Å². The van der Waals surface area contributed by atoms with Crippen molar-refractivity contribution in [3.63, 3.8) is 0 Å². The molecule has 0 spiro atoms. The second-order valence-electron chi connectivity index (χ2n) is 3.99. The molecule has 7 heteroatoms. The molecule has 0 amide bonds. The fourth-order valence-corrected chi connectivity index (χ4v) is 1.99. The maximum absolute atomic E-state index is 11.0. The van der Waals surface area contributed by atoms with Crippen molar-refractivity contribution in [2.24, 2.45) is 0 Å². The minimum atomic E-state index is -0.418. The highest BCUT2D eigenvalue weighted by atomic mass is 79.9. The monoisotopic (exact) mass is 330 g/mol. The molecule has 0 aromatic heterocycles. The fourth-order valence-electron chi connectivity index (χ4n) is 1.64. The third-order valence-electron chi connectivity index (χ3n) is 2.65. The largest absolute Gasteiger partial charge is 0.469 e. The molecule has 1 rings (SSSR count). The van der Waals surface area contributed by atoms with E-state index in [2.05, 4.69) is 20.7 Å². The molecule has 0 atom stereocenters. The molecule has 0 saturated carbocycles. The Morgan fingerprint density at radius 3 is 2.79 bits per heavy atom. The summed E-state index contributed by atoms with van der Waals surface area (Å²) in [6.45, 7) is 0.534. The highest BCUT2D eigenvalue weighted by molar-refractivity contribution is 9.10. The van der Waals surface area contributed by atoms with Gasteiger partial charge in [0, 0.05) is 30.6 Å². The summed E-state index contributed by atoms with van der Waals surface area (Å²) < 4.78 is 5.32. The molecule has 0 saturated heterocycles. The molecule has 0 aliphatic carbocycles. The van der Waals surface area contributed by atoms with Crippen molar-refractivity contribution in [2.45, 2.75) is 12.8 Å². The van der Waals surface area contributed by atoms with Gasteiger partial charge in [0.2, 0.25) is 0 Å². The molecule has 1 aromatic carbocycles. The zero-order valence-electron chi connectivity index (χ0n) is 10.8. The number of benzene rings is 1. The van der Waals surface area contributed by atoms with Crippen LogP contribution in [0.5, 0.6) is 0 Å². The maximum Gasteiger partial charge on any atom is 0.305 e. The molecule has 19 heavy (non-hydrogen) atoms. The number of hydrogen-bond donors (Lipinski definition) is 0. The van der Waals surface area contributed by atoms with Crippen molar-refractivity contribution >= 4 is 33.3 Å². The molecule has 0 aliphatic heterocycles. The van der Waals surface area contributed by atoms with E-state index in [1.165, 1.54) is 13.2 Å². The van der Waals surface area contributed by atoms with Crippen molar-refractivity contribution in [3.8, 4) is 0 Å². The molecule has 0 heterocycles. The lowest BCUT2D eigenvalue weighted by Gasteiger charge is -2.19. The summed E-state index contributed by atoms with van der Waals surface area (Å²) >= 11 is 3.29. The zero-order chi connectivity index (χ0) is 14.4. The Kier molecular flexibility index (Phi) is 5.75. The number of anilines is 1. The molecule has 0 aliphatic rings. The number of nitro groups is 1. The predicted octanol–water partition coefficient (Wildman–Crippen LogP) is 2.75. The Labute approximate surface area is 119 Å². The summed E-state index contributed by atoms with van der Waals surface area (Å²) in [4.78, 5) is 23.3. The van der Waals surface area contributed by atoms with Gasteiger partial charge < -0.3 is 9.64 Å². The highest BCUT2D eigenvalue weighted by Gasteiger charge is 2.17. The molecule has 0 bridgehead atoms. The van der Waals surface area contributed by atoms with E-state index in [4.69, 9.17) is 0 Å². The van der Waals surface area contributed by atoms with Gasteiger partial charge in [0.25, 0.3) is 5.69 Å². The standard InChI is InChI=1S/C12H15BrN2O4/c1-14(7-3-4-12(16)19-2)11-8-9(13)5-6-10(11)15(17)18/h5-6,8H,3-4,7H2,1-2H3. The Balaban J connectivity index is 2.75. The van der Waals surface area contributed by atoms with Crippen LogP contribution in [0.25, 0.3) is 0 Å². The van der Waals surface area contributed by atoms with Crippen molar-refractivity contribution in [1.82, 2.24) is 0 Å². The van der Waals surface area contributed by atoms with E-state index in [-0.39, 0.29) is 11.7 Å². The lowest BCUT2D eigenvalue weighted by atomic mass is 10.2. The number of rotatable bonds is 6. The molecule has 6 nitrogen and oxygen atoms in total. The van der Waals surface area contributed by atoms with Crippen LogP contribution in [0.4, 0.5) is 11.4 Å². The minimum Gasteiger partial charge on any atom is -0.469 e. The summed E-state index contributed by atoms with van der Waals surface area (Å²) in [6.07, 6.45) is 0.871. The first-order chi connectivity index (χ1) is 8.95. The Hall–Kier alpha value is -1.63. The van der Waals surface area contributed by atoms with Crippen molar-refractivity contribution in [3.05, 3.63) is 32.8 Å².